The predicted octanol–water partition coefficient (Wildman–Crippen LogP) is 3.34. The first-order valence-electron chi connectivity index (χ1n) is 9.21. The molecule has 29 heavy (non-hydrogen) atoms. The topological polar surface area (TPSA) is 79.7 Å². The number of piperidine rings is 1. The van der Waals surface area contributed by atoms with Crippen LogP contribution >= 0.6 is 0 Å². The number of nitrogens with one attached hydrogen (secondary N) is 1. The minimum atomic E-state index is -4.45. The molecule has 4 rings (SSSR count). The van der Waals surface area contributed by atoms with E-state index in [1.165, 1.54) is 29.3 Å². The summed E-state index contributed by atoms with van der Waals surface area (Å²) in [5.41, 5.74) is 0.370. The smallest absolute Gasteiger partial charge is 0.338 e. The van der Waals surface area contributed by atoms with Gasteiger partial charge in [0, 0.05) is 19.0 Å². The number of rotatable bonds is 3. The molecule has 0 unspecified atom stereocenters. The van der Waals surface area contributed by atoms with Crippen molar-refractivity contribution in [1.82, 2.24) is 29.9 Å². The molecule has 1 aromatic carbocycles. The minimum Gasteiger partial charge on any atom is -0.338 e. The molecule has 3 aromatic rings. The normalized spacial score (nSPS) is 17.5. The lowest BCUT2D eigenvalue weighted by Gasteiger charge is -2.31. The van der Waals surface area contributed by atoms with Crippen LogP contribution in [0.1, 0.15) is 46.2 Å². The number of aromatic amines is 1. The van der Waals surface area contributed by atoms with Gasteiger partial charge in [-0.3, -0.25) is 9.89 Å². The van der Waals surface area contributed by atoms with Gasteiger partial charge in [0.2, 0.25) is 0 Å². The number of H-pyrrole nitrogens is 1. The number of carbonyl (C=O) groups is 1. The van der Waals surface area contributed by atoms with Gasteiger partial charge in [0.1, 0.15) is 12.2 Å². The van der Waals surface area contributed by atoms with E-state index >= 15 is 0 Å². The van der Waals surface area contributed by atoms with E-state index in [0.717, 1.165) is 30.8 Å². The molecule has 10 heteroatoms. The number of aromatic nitrogens is 5. The fourth-order valence-corrected chi connectivity index (χ4v) is 3.66. The van der Waals surface area contributed by atoms with E-state index in [-0.39, 0.29) is 17.5 Å². The number of carbonyl (C=O) groups excluding carboxylic acids is 1. The number of halogens is 3. The van der Waals surface area contributed by atoms with Crippen molar-refractivity contribution >= 4 is 5.91 Å². The molecule has 0 saturated carbocycles. The molecular formula is C19H19F3N6O. The molecule has 7 nitrogen and oxygen atoms in total. The summed E-state index contributed by atoms with van der Waals surface area (Å²) in [5, 5.41) is 10.9. The fourth-order valence-electron chi connectivity index (χ4n) is 3.66. The van der Waals surface area contributed by atoms with Gasteiger partial charge in [0.05, 0.1) is 28.7 Å². The van der Waals surface area contributed by atoms with Gasteiger partial charge in [-0.25, -0.2) is 9.67 Å². The maximum absolute atomic E-state index is 13.1. The Labute approximate surface area is 164 Å². The zero-order chi connectivity index (χ0) is 20.6. The minimum absolute atomic E-state index is 0.0778. The van der Waals surface area contributed by atoms with Crippen LogP contribution in [0.3, 0.4) is 0 Å². The van der Waals surface area contributed by atoms with Crippen molar-refractivity contribution in [1.29, 1.82) is 0 Å². The molecule has 0 spiro atoms. The highest BCUT2D eigenvalue weighted by molar-refractivity contribution is 5.95. The first kappa shape index (κ1) is 19.2. The Morgan fingerprint density at radius 3 is 2.86 bits per heavy atom. The molecule has 1 atom stereocenters. The third kappa shape index (κ3) is 3.74. The number of benzene rings is 1. The Balaban J connectivity index is 1.58. The zero-order valence-electron chi connectivity index (χ0n) is 15.6. The van der Waals surface area contributed by atoms with Crippen LogP contribution < -0.4 is 0 Å². The van der Waals surface area contributed by atoms with Crippen molar-refractivity contribution in [2.24, 2.45) is 0 Å². The number of nitrogens with zero attached hydrogens (tertiary/aromatic N) is 5. The molecular weight excluding hydrogens is 385 g/mol. The van der Waals surface area contributed by atoms with Gasteiger partial charge in [0.25, 0.3) is 5.91 Å². The molecule has 0 bridgehead atoms. The van der Waals surface area contributed by atoms with Gasteiger partial charge in [-0.1, -0.05) is 6.07 Å². The van der Waals surface area contributed by atoms with Gasteiger partial charge in [-0.15, -0.1) is 0 Å². The van der Waals surface area contributed by atoms with Gasteiger partial charge in [-0.2, -0.15) is 23.4 Å². The Kier molecular flexibility index (Phi) is 4.85. The molecule has 3 heterocycles. The van der Waals surface area contributed by atoms with Crippen LogP contribution in [0, 0.1) is 6.92 Å². The third-order valence-corrected chi connectivity index (χ3v) is 5.19. The molecule has 0 radical (unpaired) electrons. The first-order chi connectivity index (χ1) is 13.8. The van der Waals surface area contributed by atoms with Crippen LogP contribution in [0.25, 0.3) is 5.69 Å². The third-order valence-electron chi connectivity index (χ3n) is 5.19. The maximum Gasteiger partial charge on any atom is 0.416 e. The summed E-state index contributed by atoms with van der Waals surface area (Å²) in [6.07, 6.45) is 0.147. The lowest BCUT2D eigenvalue weighted by atomic mass is 9.97. The van der Waals surface area contributed by atoms with Crippen molar-refractivity contribution in [2.75, 3.05) is 13.1 Å². The highest BCUT2D eigenvalue weighted by Crippen LogP contribution is 2.31. The average molecular weight is 404 g/mol. The number of alkyl halides is 3. The van der Waals surface area contributed by atoms with Crippen molar-refractivity contribution in [2.45, 2.75) is 31.9 Å². The lowest BCUT2D eigenvalue weighted by molar-refractivity contribution is -0.137. The van der Waals surface area contributed by atoms with Crippen LogP contribution in [-0.2, 0) is 6.18 Å². The second kappa shape index (κ2) is 7.34. The van der Waals surface area contributed by atoms with Crippen molar-refractivity contribution in [3.05, 3.63) is 59.4 Å². The summed E-state index contributed by atoms with van der Waals surface area (Å²) in [7, 11) is 0. The summed E-state index contributed by atoms with van der Waals surface area (Å²) >= 11 is 0. The molecule has 1 amide bonds. The standard InChI is InChI=1S/C19H19F3N6O/c1-12-16(9-25-28(12)15-6-2-5-14(8-15)19(20,21)22)18(29)27-7-3-4-13(10-27)17-23-11-24-26-17/h2,5-6,8-9,11,13H,3-4,7,10H2,1H3,(H,23,24,26)/t13-/m0/s1. The van der Waals surface area contributed by atoms with E-state index in [4.69, 9.17) is 0 Å². The van der Waals surface area contributed by atoms with Crippen LogP contribution in [0.5, 0.6) is 0 Å². The van der Waals surface area contributed by atoms with E-state index in [1.807, 2.05) is 0 Å². The van der Waals surface area contributed by atoms with Crippen LogP contribution in [0.4, 0.5) is 13.2 Å². The second-order valence-electron chi connectivity index (χ2n) is 7.06. The van der Waals surface area contributed by atoms with Crippen molar-refractivity contribution < 1.29 is 18.0 Å². The highest BCUT2D eigenvalue weighted by atomic mass is 19.4. The number of amides is 1. The quantitative estimate of drug-likeness (QED) is 0.726. The summed E-state index contributed by atoms with van der Waals surface area (Å²) in [6.45, 7) is 2.79. The SMILES string of the molecule is Cc1c(C(=O)N2CCC[C@H](c3ncn[nH]3)C2)cnn1-c1cccc(C(F)(F)F)c1. The molecule has 1 N–H and O–H groups in total. The van der Waals surface area contributed by atoms with Crippen molar-refractivity contribution in [3.8, 4) is 5.69 Å². The van der Waals surface area contributed by atoms with E-state index in [2.05, 4.69) is 20.3 Å². The average Bonchev–Trinajstić information content (AvgIpc) is 3.37. The van der Waals surface area contributed by atoms with E-state index in [0.29, 0.717) is 24.3 Å². The summed E-state index contributed by atoms with van der Waals surface area (Å²) in [5.74, 6) is 0.637. The molecule has 2 aromatic heterocycles. The Hall–Kier alpha value is -3.17. The maximum atomic E-state index is 13.1. The van der Waals surface area contributed by atoms with Gasteiger partial charge in [-0.05, 0) is 38.0 Å². The van der Waals surface area contributed by atoms with Crippen LogP contribution in [-0.4, -0.2) is 48.9 Å². The highest BCUT2D eigenvalue weighted by Gasteiger charge is 2.31. The molecule has 1 aliphatic rings. The van der Waals surface area contributed by atoms with Crippen molar-refractivity contribution in [3.63, 3.8) is 0 Å². The van der Waals surface area contributed by atoms with E-state index in [1.54, 1.807) is 11.8 Å². The fraction of sp³-hybridized carbons (Fsp3) is 0.368. The van der Waals surface area contributed by atoms with E-state index in [9.17, 15) is 18.0 Å². The summed E-state index contributed by atoms with van der Waals surface area (Å²) in [4.78, 5) is 19.0. The lowest BCUT2D eigenvalue weighted by Crippen LogP contribution is -2.39. The summed E-state index contributed by atoms with van der Waals surface area (Å²) in [6, 6.07) is 4.89. The van der Waals surface area contributed by atoms with E-state index < -0.39 is 11.7 Å². The zero-order valence-corrected chi connectivity index (χ0v) is 15.6. The van der Waals surface area contributed by atoms with Gasteiger partial charge in [0.15, 0.2) is 0 Å². The predicted molar refractivity (Wildman–Crippen MR) is 97.6 cm³/mol. The number of hydrogen-bond donors (Lipinski definition) is 1. The monoisotopic (exact) mass is 404 g/mol. The largest absolute Gasteiger partial charge is 0.416 e. The number of likely N-dealkylation sites (tertiary alicyclic amines) is 1. The van der Waals surface area contributed by atoms with Crippen LogP contribution in [0.15, 0.2) is 36.8 Å². The van der Waals surface area contributed by atoms with Gasteiger partial charge >= 0.3 is 6.18 Å². The first-order valence-corrected chi connectivity index (χ1v) is 9.21. The second-order valence-corrected chi connectivity index (χ2v) is 7.06. The Morgan fingerprint density at radius 2 is 2.14 bits per heavy atom. The summed E-state index contributed by atoms with van der Waals surface area (Å²) < 4.78 is 40.4. The number of hydrogen-bond acceptors (Lipinski definition) is 4. The molecule has 152 valence electrons. The Bertz CT molecular complexity index is 1010. The van der Waals surface area contributed by atoms with Gasteiger partial charge < -0.3 is 4.90 Å². The Morgan fingerprint density at radius 1 is 1.31 bits per heavy atom. The molecule has 1 saturated heterocycles. The van der Waals surface area contributed by atoms with Crippen LogP contribution in [0.2, 0.25) is 0 Å². The molecule has 1 aliphatic heterocycles. The molecule has 0 aliphatic carbocycles. The molecule has 1 fully saturated rings.